The van der Waals surface area contributed by atoms with Crippen LogP contribution in [0, 0.1) is 11.3 Å². The average Bonchev–Trinajstić information content (AvgIpc) is 2.79. The van der Waals surface area contributed by atoms with Crippen LogP contribution in [-0.2, 0) is 17.8 Å². The molecule has 1 aliphatic rings. The van der Waals surface area contributed by atoms with Crippen LogP contribution in [-0.4, -0.2) is 54.3 Å². The van der Waals surface area contributed by atoms with Gasteiger partial charge in [0.25, 0.3) is 5.91 Å². The smallest absolute Gasteiger partial charge is 0.254 e. The van der Waals surface area contributed by atoms with E-state index in [-0.39, 0.29) is 18.4 Å². The number of hydrogen-bond acceptors (Lipinski definition) is 4. The van der Waals surface area contributed by atoms with E-state index in [9.17, 15) is 9.59 Å². The Morgan fingerprint density at radius 2 is 1.66 bits per heavy atom. The van der Waals surface area contributed by atoms with E-state index >= 15 is 0 Å². The van der Waals surface area contributed by atoms with Gasteiger partial charge in [-0.15, -0.1) is 0 Å². The van der Waals surface area contributed by atoms with Gasteiger partial charge in [-0.2, -0.15) is 5.26 Å². The third-order valence-corrected chi connectivity index (χ3v) is 5.15. The van der Waals surface area contributed by atoms with Crippen molar-refractivity contribution < 1.29 is 9.59 Å². The Balaban J connectivity index is 1.79. The molecule has 0 spiro atoms. The summed E-state index contributed by atoms with van der Waals surface area (Å²) < 4.78 is 0. The summed E-state index contributed by atoms with van der Waals surface area (Å²) in [5, 5.41) is 12.2. The monoisotopic (exact) mass is 390 g/mol. The second kappa shape index (κ2) is 9.85. The number of nitrogens with zero attached hydrogens (tertiary/aromatic N) is 3. The first-order chi connectivity index (χ1) is 14.1. The van der Waals surface area contributed by atoms with Gasteiger partial charge in [0.2, 0.25) is 5.91 Å². The molecule has 3 rings (SSSR count). The molecular formula is C23H26N4O2. The summed E-state index contributed by atoms with van der Waals surface area (Å²) in [4.78, 5) is 29.3. The number of nitriles is 1. The number of piperazine rings is 1. The zero-order chi connectivity index (χ0) is 20.6. The maximum atomic E-state index is 13.2. The number of nitrogens with one attached hydrogen (secondary N) is 1. The van der Waals surface area contributed by atoms with Crippen molar-refractivity contribution in [3.63, 3.8) is 0 Å². The maximum absolute atomic E-state index is 13.2. The van der Waals surface area contributed by atoms with Crippen molar-refractivity contribution in [1.29, 1.82) is 5.26 Å². The van der Waals surface area contributed by atoms with Crippen molar-refractivity contribution in [2.45, 2.75) is 19.9 Å². The average molecular weight is 390 g/mol. The SMILES string of the molecule is CCc1ccc(CN(CC(=O)N2CCNCC2)C(=O)c2ccc(C#N)cc2)cc1. The first kappa shape index (κ1) is 20.6. The number of aryl methyl sites for hydroxylation is 1. The van der Waals surface area contributed by atoms with Crippen LogP contribution in [0.4, 0.5) is 0 Å². The molecule has 1 saturated heterocycles. The van der Waals surface area contributed by atoms with Gasteiger partial charge in [-0.3, -0.25) is 9.59 Å². The summed E-state index contributed by atoms with van der Waals surface area (Å²) in [5.74, 6) is -0.254. The summed E-state index contributed by atoms with van der Waals surface area (Å²) in [5.41, 5.74) is 3.19. The number of hydrogen-bond donors (Lipinski definition) is 1. The highest BCUT2D eigenvalue weighted by molar-refractivity contribution is 5.96. The van der Waals surface area contributed by atoms with Crippen LogP contribution < -0.4 is 5.32 Å². The first-order valence-corrected chi connectivity index (χ1v) is 9.96. The maximum Gasteiger partial charge on any atom is 0.254 e. The molecular weight excluding hydrogens is 364 g/mol. The Labute approximate surface area is 171 Å². The molecule has 2 aromatic rings. The molecule has 0 aliphatic carbocycles. The highest BCUT2D eigenvalue weighted by Gasteiger charge is 2.23. The van der Waals surface area contributed by atoms with Gasteiger partial charge in [0, 0.05) is 38.3 Å². The van der Waals surface area contributed by atoms with Gasteiger partial charge >= 0.3 is 0 Å². The van der Waals surface area contributed by atoms with Gasteiger partial charge < -0.3 is 15.1 Å². The zero-order valence-electron chi connectivity index (χ0n) is 16.7. The fraction of sp³-hybridized carbons (Fsp3) is 0.348. The molecule has 0 bridgehead atoms. The molecule has 0 saturated carbocycles. The largest absolute Gasteiger partial charge is 0.339 e. The Kier molecular flexibility index (Phi) is 6.99. The van der Waals surface area contributed by atoms with Crippen molar-refractivity contribution >= 4 is 11.8 Å². The van der Waals surface area contributed by atoms with Crippen LogP contribution in [0.15, 0.2) is 48.5 Å². The van der Waals surface area contributed by atoms with Crippen LogP contribution in [0.25, 0.3) is 0 Å². The number of amides is 2. The van der Waals surface area contributed by atoms with E-state index in [1.807, 2.05) is 12.1 Å². The minimum atomic E-state index is -0.211. The van der Waals surface area contributed by atoms with Crippen molar-refractivity contribution in [1.82, 2.24) is 15.1 Å². The first-order valence-electron chi connectivity index (χ1n) is 9.96. The second-order valence-corrected chi connectivity index (χ2v) is 7.15. The van der Waals surface area contributed by atoms with Crippen LogP contribution >= 0.6 is 0 Å². The minimum absolute atomic E-state index is 0.0361. The minimum Gasteiger partial charge on any atom is -0.339 e. The van der Waals surface area contributed by atoms with E-state index in [2.05, 4.69) is 30.4 Å². The predicted octanol–water partition coefficient (Wildman–Crippen LogP) is 2.19. The summed E-state index contributed by atoms with van der Waals surface area (Å²) in [6, 6.07) is 16.7. The topological polar surface area (TPSA) is 76.4 Å². The van der Waals surface area contributed by atoms with Crippen LogP contribution in [0.5, 0.6) is 0 Å². The number of carbonyl (C=O) groups is 2. The van der Waals surface area contributed by atoms with E-state index in [0.717, 1.165) is 25.1 Å². The molecule has 6 nitrogen and oxygen atoms in total. The molecule has 1 aliphatic heterocycles. The second-order valence-electron chi connectivity index (χ2n) is 7.15. The molecule has 1 fully saturated rings. The molecule has 0 radical (unpaired) electrons. The van der Waals surface area contributed by atoms with Gasteiger partial charge in [-0.05, 0) is 41.8 Å². The Morgan fingerprint density at radius 1 is 1.03 bits per heavy atom. The molecule has 29 heavy (non-hydrogen) atoms. The fourth-order valence-corrected chi connectivity index (χ4v) is 3.35. The van der Waals surface area contributed by atoms with Gasteiger partial charge in [-0.1, -0.05) is 31.2 Å². The highest BCUT2D eigenvalue weighted by atomic mass is 16.2. The van der Waals surface area contributed by atoms with Gasteiger partial charge in [0.05, 0.1) is 11.6 Å². The Morgan fingerprint density at radius 3 is 2.24 bits per heavy atom. The van der Waals surface area contributed by atoms with Crippen molar-refractivity contribution in [3.05, 3.63) is 70.8 Å². The third kappa shape index (κ3) is 5.43. The number of carbonyl (C=O) groups excluding carboxylic acids is 2. The normalized spacial score (nSPS) is 13.6. The number of rotatable bonds is 6. The molecule has 2 amide bonds. The molecule has 1 heterocycles. The Hall–Kier alpha value is -3.17. The van der Waals surface area contributed by atoms with E-state index in [4.69, 9.17) is 5.26 Å². The van der Waals surface area contributed by atoms with Crippen molar-refractivity contribution in [2.24, 2.45) is 0 Å². The van der Waals surface area contributed by atoms with Crippen molar-refractivity contribution in [3.8, 4) is 6.07 Å². The molecule has 2 aromatic carbocycles. The van der Waals surface area contributed by atoms with Crippen LogP contribution in [0.2, 0.25) is 0 Å². The lowest BCUT2D eigenvalue weighted by Gasteiger charge is -2.30. The summed E-state index contributed by atoms with van der Waals surface area (Å²) in [7, 11) is 0. The van der Waals surface area contributed by atoms with E-state index < -0.39 is 0 Å². The van der Waals surface area contributed by atoms with E-state index in [1.54, 1.807) is 34.1 Å². The van der Waals surface area contributed by atoms with Crippen molar-refractivity contribution in [2.75, 3.05) is 32.7 Å². The van der Waals surface area contributed by atoms with Crippen LogP contribution in [0.1, 0.15) is 34.0 Å². The zero-order valence-corrected chi connectivity index (χ0v) is 16.7. The quantitative estimate of drug-likeness (QED) is 0.820. The highest BCUT2D eigenvalue weighted by Crippen LogP contribution is 2.13. The molecule has 6 heteroatoms. The molecule has 150 valence electrons. The Bertz CT molecular complexity index is 879. The lowest BCUT2D eigenvalue weighted by molar-refractivity contribution is -0.132. The molecule has 0 unspecified atom stereocenters. The van der Waals surface area contributed by atoms with Gasteiger partial charge in [0.1, 0.15) is 6.54 Å². The van der Waals surface area contributed by atoms with Gasteiger partial charge in [0.15, 0.2) is 0 Å². The fourth-order valence-electron chi connectivity index (χ4n) is 3.35. The lowest BCUT2D eigenvalue weighted by Crippen LogP contribution is -2.50. The lowest BCUT2D eigenvalue weighted by atomic mass is 10.1. The summed E-state index contributed by atoms with van der Waals surface area (Å²) in [6.07, 6.45) is 0.954. The molecule has 0 atom stereocenters. The number of benzene rings is 2. The van der Waals surface area contributed by atoms with Gasteiger partial charge in [-0.25, -0.2) is 0 Å². The van der Waals surface area contributed by atoms with E-state index in [1.165, 1.54) is 5.56 Å². The standard InChI is InChI=1S/C23H26N4O2/c1-2-18-3-5-20(6-4-18)16-27(17-22(28)26-13-11-25-12-14-26)23(29)21-9-7-19(15-24)8-10-21/h3-10,25H,2,11-14,16-17H2,1H3. The third-order valence-electron chi connectivity index (χ3n) is 5.15. The summed E-state index contributed by atoms with van der Waals surface area (Å²) in [6.45, 7) is 5.35. The molecule has 0 aromatic heterocycles. The molecule has 1 N–H and O–H groups in total. The summed E-state index contributed by atoms with van der Waals surface area (Å²) >= 11 is 0. The van der Waals surface area contributed by atoms with Crippen LogP contribution in [0.3, 0.4) is 0 Å². The predicted molar refractivity (Wildman–Crippen MR) is 111 cm³/mol. The van der Waals surface area contributed by atoms with E-state index in [0.29, 0.717) is 30.8 Å².